The lowest BCUT2D eigenvalue weighted by atomic mass is 10.2. The summed E-state index contributed by atoms with van der Waals surface area (Å²) >= 11 is 1.31. The van der Waals surface area contributed by atoms with Crippen LogP contribution >= 0.6 is 11.3 Å². The normalized spacial score (nSPS) is 14.9. The molecule has 0 radical (unpaired) electrons. The van der Waals surface area contributed by atoms with Crippen molar-refractivity contribution in [2.75, 3.05) is 38.7 Å². The predicted molar refractivity (Wildman–Crippen MR) is 118 cm³/mol. The van der Waals surface area contributed by atoms with Crippen molar-refractivity contribution in [2.24, 2.45) is 0 Å². The Morgan fingerprint density at radius 3 is 2.61 bits per heavy atom. The van der Waals surface area contributed by atoms with E-state index in [0.717, 1.165) is 17.0 Å². The van der Waals surface area contributed by atoms with Gasteiger partial charge < -0.3 is 9.47 Å². The van der Waals surface area contributed by atoms with Crippen molar-refractivity contribution in [3.05, 3.63) is 59.5 Å². The number of carbonyl (C=O) groups excluding carboxylic acids is 1. The van der Waals surface area contributed by atoms with E-state index in [1.165, 1.54) is 39.9 Å². The van der Waals surface area contributed by atoms with Gasteiger partial charge in [0, 0.05) is 29.6 Å². The number of nitrogens with one attached hydrogen (secondary N) is 1. The van der Waals surface area contributed by atoms with Gasteiger partial charge in [0.1, 0.15) is 5.75 Å². The van der Waals surface area contributed by atoms with Crippen LogP contribution in [-0.4, -0.2) is 57.0 Å². The standard InChI is InChI=1S/C21H21N3O5S2/c1-28-17-4-2-3-16(13-17)19-14-30-21(22-19)23-20(25)15-5-7-18(8-6-15)31(26,27)24-9-11-29-12-10-24/h2-8,13-14H,9-12H2,1H3,(H,22,23,25). The summed E-state index contributed by atoms with van der Waals surface area (Å²) in [6, 6.07) is 13.4. The summed E-state index contributed by atoms with van der Waals surface area (Å²) in [4.78, 5) is 17.2. The van der Waals surface area contributed by atoms with E-state index < -0.39 is 10.0 Å². The van der Waals surface area contributed by atoms with Crippen LogP contribution in [0.25, 0.3) is 11.3 Å². The van der Waals surface area contributed by atoms with Crippen LogP contribution in [0.15, 0.2) is 58.8 Å². The van der Waals surface area contributed by atoms with Crippen LogP contribution in [0.4, 0.5) is 5.13 Å². The van der Waals surface area contributed by atoms with Crippen LogP contribution in [0.2, 0.25) is 0 Å². The highest BCUT2D eigenvalue weighted by Crippen LogP contribution is 2.28. The van der Waals surface area contributed by atoms with Gasteiger partial charge in [0.15, 0.2) is 5.13 Å². The molecular formula is C21H21N3O5S2. The van der Waals surface area contributed by atoms with Gasteiger partial charge in [0.2, 0.25) is 10.0 Å². The first-order chi connectivity index (χ1) is 15.0. The van der Waals surface area contributed by atoms with E-state index in [1.807, 2.05) is 29.6 Å². The van der Waals surface area contributed by atoms with Crippen molar-refractivity contribution in [3.63, 3.8) is 0 Å². The molecule has 0 spiro atoms. The Morgan fingerprint density at radius 2 is 1.90 bits per heavy atom. The van der Waals surface area contributed by atoms with Gasteiger partial charge in [-0.3, -0.25) is 10.1 Å². The third kappa shape index (κ3) is 4.77. The molecule has 1 fully saturated rings. The molecule has 1 aliphatic rings. The molecule has 162 valence electrons. The largest absolute Gasteiger partial charge is 0.497 e. The molecule has 2 aromatic carbocycles. The lowest BCUT2D eigenvalue weighted by Crippen LogP contribution is -2.40. The fraction of sp³-hybridized carbons (Fsp3) is 0.238. The second-order valence-corrected chi connectivity index (χ2v) is 9.56. The molecule has 1 saturated heterocycles. The number of morpholine rings is 1. The molecule has 0 bridgehead atoms. The first-order valence-corrected chi connectivity index (χ1v) is 11.9. The highest BCUT2D eigenvalue weighted by atomic mass is 32.2. The highest BCUT2D eigenvalue weighted by molar-refractivity contribution is 7.89. The van der Waals surface area contributed by atoms with Crippen molar-refractivity contribution in [1.82, 2.24) is 9.29 Å². The van der Waals surface area contributed by atoms with Crippen LogP contribution < -0.4 is 10.1 Å². The minimum absolute atomic E-state index is 0.153. The number of hydrogen-bond donors (Lipinski definition) is 1. The topological polar surface area (TPSA) is 97.8 Å². The summed E-state index contributed by atoms with van der Waals surface area (Å²) in [6.45, 7) is 1.41. The van der Waals surface area contributed by atoms with Crippen molar-refractivity contribution in [1.29, 1.82) is 0 Å². The summed E-state index contributed by atoms with van der Waals surface area (Å²) in [5.41, 5.74) is 1.96. The Labute approximate surface area is 184 Å². The molecular weight excluding hydrogens is 438 g/mol. The number of methoxy groups -OCH3 is 1. The van der Waals surface area contributed by atoms with E-state index in [9.17, 15) is 13.2 Å². The molecule has 2 heterocycles. The Balaban J connectivity index is 1.45. The number of hydrogen-bond acceptors (Lipinski definition) is 7. The monoisotopic (exact) mass is 459 g/mol. The van der Waals surface area contributed by atoms with E-state index in [0.29, 0.717) is 37.0 Å². The smallest absolute Gasteiger partial charge is 0.257 e. The second-order valence-electron chi connectivity index (χ2n) is 6.76. The maximum Gasteiger partial charge on any atom is 0.257 e. The molecule has 0 saturated carbocycles. The summed E-state index contributed by atoms with van der Waals surface area (Å²) in [7, 11) is -1.99. The quantitative estimate of drug-likeness (QED) is 0.608. The Morgan fingerprint density at radius 1 is 1.16 bits per heavy atom. The number of rotatable bonds is 6. The average molecular weight is 460 g/mol. The number of carbonyl (C=O) groups is 1. The first-order valence-electron chi connectivity index (χ1n) is 9.56. The van der Waals surface area contributed by atoms with Crippen LogP contribution in [0.5, 0.6) is 5.75 Å². The molecule has 0 unspecified atom stereocenters. The molecule has 31 heavy (non-hydrogen) atoms. The predicted octanol–water partition coefficient (Wildman–Crippen LogP) is 3.09. The number of thiazole rings is 1. The number of anilines is 1. The third-order valence-corrected chi connectivity index (χ3v) is 7.49. The molecule has 1 amide bonds. The summed E-state index contributed by atoms with van der Waals surface area (Å²) in [5.74, 6) is 0.366. The van der Waals surface area contributed by atoms with Crippen molar-refractivity contribution < 1.29 is 22.7 Å². The van der Waals surface area contributed by atoms with Crippen LogP contribution in [0.1, 0.15) is 10.4 Å². The Bertz CT molecular complexity index is 1170. The Hall–Kier alpha value is -2.79. The third-order valence-electron chi connectivity index (χ3n) is 4.81. The molecule has 1 N–H and O–H groups in total. The van der Waals surface area contributed by atoms with E-state index in [2.05, 4.69) is 10.3 Å². The minimum Gasteiger partial charge on any atom is -0.497 e. The number of benzene rings is 2. The average Bonchev–Trinajstić information content (AvgIpc) is 3.28. The molecule has 8 nitrogen and oxygen atoms in total. The van der Waals surface area contributed by atoms with Gasteiger partial charge in [-0.25, -0.2) is 13.4 Å². The lowest BCUT2D eigenvalue weighted by Gasteiger charge is -2.26. The zero-order chi connectivity index (χ0) is 21.8. The first kappa shape index (κ1) is 21.4. The minimum atomic E-state index is -3.60. The Kier molecular flexibility index (Phi) is 6.33. The number of amides is 1. The fourth-order valence-corrected chi connectivity index (χ4v) is 5.25. The van der Waals surface area contributed by atoms with Crippen LogP contribution in [0.3, 0.4) is 0 Å². The highest BCUT2D eigenvalue weighted by Gasteiger charge is 2.26. The van der Waals surface area contributed by atoms with Crippen molar-refractivity contribution in [2.45, 2.75) is 4.90 Å². The zero-order valence-electron chi connectivity index (χ0n) is 16.8. The molecule has 1 aliphatic heterocycles. The van der Waals surface area contributed by atoms with E-state index in [4.69, 9.17) is 9.47 Å². The number of sulfonamides is 1. The second kappa shape index (κ2) is 9.15. The molecule has 10 heteroatoms. The molecule has 0 atom stereocenters. The van der Waals surface area contributed by atoms with Gasteiger partial charge in [-0.15, -0.1) is 11.3 Å². The SMILES string of the molecule is COc1cccc(-c2csc(NC(=O)c3ccc(S(=O)(=O)N4CCOCC4)cc3)n2)c1. The summed E-state index contributed by atoms with van der Waals surface area (Å²) < 4.78 is 37.2. The lowest BCUT2D eigenvalue weighted by molar-refractivity contribution is 0.0730. The molecule has 4 rings (SSSR count). The summed E-state index contributed by atoms with van der Waals surface area (Å²) in [5, 5.41) is 5.06. The van der Waals surface area contributed by atoms with Gasteiger partial charge in [0.25, 0.3) is 5.91 Å². The van der Waals surface area contributed by atoms with E-state index in [-0.39, 0.29) is 10.8 Å². The fourth-order valence-electron chi connectivity index (χ4n) is 3.13. The van der Waals surface area contributed by atoms with Gasteiger partial charge in [0.05, 0.1) is 30.9 Å². The van der Waals surface area contributed by atoms with E-state index in [1.54, 1.807) is 7.11 Å². The number of nitrogens with zero attached hydrogens (tertiary/aromatic N) is 2. The number of aromatic nitrogens is 1. The van der Waals surface area contributed by atoms with Crippen molar-refractivity contribution in [3.8, 4) is 17.0 Å². The van der Waals surface area contributed by atoms with Crippen LogP contribution in [-0.2, 0) is 14.8 Å². The number of ether oxygens (including phenoxy) is 2. The molecule has 3 aromatic rings. The van der Waals surface area contributed by atoms with Gasteiger partial charge >= 0.3 is 0 Å². The maximum atomic E-state index is 12.7. The van der Waals surface area contributed by atoms with Gasteiger partial charge in [-0.2, -0.15) is 4.31 Å². The maximum absolute atomic E-state index is 12.7. The molecule has 0 aliphatic carbocycles. The van der Waals surface area contributed by atoms with Crippen LogP contribution in [0, 0.1) is 0 Å². The molecule has 1 aromatic heterocycles. The summed E-state index contributed by atoms with van der Waals surface area (Å²) in [6.07, 6.45) is 0. The van der Waals surface area contributed by atoms with Crippen molar-refractivity contribution >= 4 is 32.4 Å². The van der Waals surface area contributed by atoms with Gasteiger partial charge in [-0.05, 0) is 36.4 Å². The van der Waals surface area contributed by atoms with Gasteiger partial charge in [-0.1, -0.05) is 12.1 Å². The zero-order valence-corrected chi connectivity index (χ0v) is 18.4. The van der Waals surface area contributed by atoms with E-state index >= 15 is 0 Å².